The molecule has 102 valence electrons. The molecular formula is C2H2F8N3OP3. The fraction of sp³-hybridized carbons (Fsp3) is 1.00. The Balaban J connectivity index is 2.89. The van der Waals surface area contributed by atoms with E-state index in [2.05, 4.69) is 9.04 Å². The maximum absolute atomic E-state index is 13.3. The summed E-state index contributed by atoms with van der Waals surface area (Å²) in [4.78, 5) is 0. The molecular weight excluding hydrogens is 327 g/mol. The van der Waals surface area contributed by atoms with Gasteiger partial charge in [-0.15, -0.1) is 8.96 Å². The lowest BCUT2D eigenvalue weighted by Crippen LogP contribution is -2.19. The van der Waals surface area contributed by atoms with Crippen LogP contribution in [0.3, 0.4) is 0 Å². The van der Waals surface area contributed by atoms with Crippen LogP contribution in [0.1, 0.15) is 0 Å². The van der Waals surface area contributed by atoms with Crippen LogP contribution in [-0.2, 0) is 4.52 Å². The van der Waals surface area contributed by atoms with E-state index in [1.807, 2.05) is 0 Å². The van der Waals surface area contributed by atoms with Gasteiger partial charge in [0.15, 0.2) is 6.61 Å². The topological polar surface area (TPSA) is 28.1 Å². The second-order valence-corrected chi connectivity index (χ2v) is 7.33. The minimum atomic E-state index is -5.60. The normalized spacial score (nSPS) is 36.9. The molecule has 0 radical (unpaired) electrons. The van der Waals surface area contributed by atoms with E-state index in [0.717, 1.165) is 0 Å². The lowest BCUT2D eigenvalue weighted by molar-refractivity contribution is -0.154. The van der Waals surface area contributed by atoms with Crippen molar-refractivity contribution in [1.29, 1.82) is 0 Å². The molecule has 3 atom stereocenters. The van der Waals surface area contributed by atoms with E-state index >= 15 is 0 Å². The lowest BCUT2D eigenvalue weighted by atomic mass is 10.7. The number of rotatable bonds is 2. The molecule has 1 rings (SSSR count). The Bertz CT molecular complexity index is 336. The van der Waals surface area contributed by atoms with Gasteiger partial charge in [-0.2, -0.15) is 30.3 Å². The Hall–Kier alpha value is 0.410. The van der Waals surface area contributed by atoms with Gasteiger partial charge in [0, 0.05) is 4.66 Å². The highest BCUT2D eigenvalue weighted by molar-refractivity contribution is 7.77. The van der Waals surface area contributed by atoms with Crippen LogP contribution >= 0.6 is 24.8 Å². The van der Waals surface area contributed by atoms with Crippen LogP contribution in [0.4, 0.5) is 34.7 Å². The van der Waals surface area contributed by atoms with Crippen molar-refractivity contribution in [2.45, 2.75) is 6.18 Å². The zero-order valence-corrected chi connectivity index (χ0v) is 10.0. The van der Waals surface area contributed by atoms with Gasteiger partial charge in [-0.1, -0.05) is 0 Å². The van der Waals surface area contributed by atoms with Gasteiger partial charge in [-0.25, -0.2) is 0 Å². The maximum atomic E-state index is 13.3. The van der Waals surface area contributed by atoms with Crippen molar-refractivity contribution in [3.05, 3.63) is 0 Å². The zero-order chi connectivity index (χ0) is 13.4. The highest BCUT2D eigenvalue weighted by Crippen LogP contribution is 2.80. The van der Waals surface area contributed by atoms with Crippen molar-refractivity contribution in [1.82, 2.24) is 9.33 Å². The first-order valence-corrected chi connectivity index (χ1v) is 7.22. The second-order valence-electron chi connectivity index (χ2n) is 2.41. The van der Waals surface area contributed by atoms with Gasteiger partial charge in [0.05, 0.1) is 0 Å². The van der Waals surface area contributed by atoms with Crippen LogP contribution in [0.25, 0.3) is 0 Å². The number of hydrogen-bond donors (Lipinski definition) is 0. The van der Waals surface area contributed by atoms with Crippen LogP contribution in [0.15, 0.2) is 4.52 Å². The lowest BCUT2D eigenvalue weighted by Gasteiger charge is -2.30. The van der Waals surface area contributed by atoms with E-state index in [-0.39, 0.29) is 0 Å². The molecule has 0 aromatic rings. The molecule has 0 fully saturated rings. The Morgan fingerprint density at radius 1 is 1.24 bits per heavy atom. The fourth-order valence-electron chi connectivity index (χ4n) is 0.599. The maximum Gasteiger partial charge on any atom is 0.412 e. The second kappa shape index (κ2) is 5.19. The molecule has 0 N–H and O–H groups in total. The average Bonchev–Trinajstić information content (AvgIpc) is 2.20. The smallest absolute Gasteiger partial charge is 0.297 e. The van der Waals surface area contributed by atoms with Gasteiger partial charge < -0.3 is 0 Å². The van der Waals surface area contributed by atoms with Crippen molar-refractivity contribution in [3.63, 3.8) is 0 Å². The molecule has 0 spiro atoms. The van der Waals surface area contributed by atoms with Crippen molar-refractivity contribution in [2.24, 2.45) is 4.52 Å². The molecule has 0 bridgehead atoms. The molecule has 0 saturated heterocycles. The van der Waals surface area contributed by atoms with Gasteiger partial charge in [-0.3, -0.25) is 4.52 Å². The highest BCUT2D eigenvalue weighted by Gasteiger charge is 2.52. The highest BCUT2D eigenvalue weighted by atomic mass is 31.3. The first-order chi connectivity index (χ1) is 7.57. The van der Waals surface area contributed by atoms with Crippen molar-refractivity contribution < 1.29 is 39.2 Å². The summed E-state index contributed by atoms with van der Waals surface area (Å²) in [5, 5.41) is 0. The SMILES string of the molecule is FN1P(F)N=P(F)(OCC(F)(F)F)N(F)P1F. The largest absolute Gasteiger partial charge is 0.412 e. The summed E-state index contributed by atoms with van der Waals surface area (Å²) in [7, 11) is -13.7. The molecule has 3 unspecified atom stereocenters. The third-order valence-corrected chi connectivity index (χ3v) is 6.33. The van der Waals surface area contributed by atoms with Crippen molar-refractivity contribution in [2.75, 3.05) is 6.61 Å². The Kier molecular flexibility index (Phi) is 4.72. The number of alkyl halides is 3. The van der Waals surface area contributed by atoms with Crippen molar-refractivity contribution >= 4 is 24.8 Å². The zero-order valence-electron chi connectivity index (χ0n) is 7.32. The van der Waals surface area contributed by atoms with Crippen LogP contribution < -0.4 is 0 Å². The summed E-state index contributed by atoms with van der Waals surface area (Å²) >= 11 is 0. The number of nitrogens with zero attached hydrogens (tertiary/aromatic N) is 3. The van der Waals surface area contributed by atoms with Gasteiger partial charge in [0.2, 0.25) is 0 Å². The summed E-state index contributed by atoms with van der Waals surface area (Å²) in [6.07, 6.45) is -5.04. The molecule has 4 nitrogen and oxygen atoms in total. The number of halogens is 8. The Labute approximate surface area is 91.7 Å². The summed E-state index contributed by atoms with van der Waals surface area (Å²) in [5.41, 5.74) is 0. The molecule has 1 aliphatic heterocycles. The van der Waals surface area contributed by atoms with Crippen LogP contribution in [0.2, 0.25) is 0 Å². The predicted octanol–water partition coefficient (Wildman–Crippen LogP) is 5.26. The first kappa shape index (κ1) is 15.5. The van der Waals surface area contributed by atoms with Gasteiger partial charge >= 0.3 is 31.0 Å². The molecule has 0 amide bonds. The fourth-order valence-corrected chi connectivity index (χ4v) is 5.21. The molecule has 15 heteroatoms. The monoisotopic (exact) mass is 329 g/mol. The van der Waals surface area contributed by atoms with E-state index in [1.54, 1.807) is 0 Å². The summed E-state index contributed by atoms with van der Waals surface area (Å²) < 4.78 is 101. The van der Waals surface area contributed by atoms with E-state index in [9.17, 15) is 34.7 Å². The Morgan fingerprint density at radius 3 is 2.24 bits per heavy atom. The van der Waals surface area contributed by atoms with Crippen LogP contribution in [0.5, 0.6) is 0 Å². The predicted molar refractivity (Wildman–Crippen MR) is 44.4 cm³/mol. The third-order valence-electron chi connectivity index (χ3n) is 1.19. The standard InChI is InChI=1S/C2H2F8N3OP3/c3-2(4,5)1-14-17(10)11-15(8)12(6)16(9)13(17)7/h1H2. The van der Waals surface area contributed by atoms with Crippen LogP contribution in [0, 0.1) is 0 Å². The number of hydrogen-bond acceptors (Lipinski definition) is 4. The molecule has 1 aliphatic rings. The minimum Gasteiger partial charge on any atom is -0.297 e. The van der Waals surface area contributed by atoms with E-state index < -0.39 is 46.9 Å². The first-order valence-electron chi connectivity index (χ1n) is 3.44. The van der Waals surface area contributed by atoms with Crippen molar-refractivity contribution in [3.8, 4) is 0 Å². The summed E-state index contributed by atoms with van der Waals surface area (Å²) in [5.74, 6) is 0. The van der Waals surface area contributed by atoms with Crippen LogP contribution in [-0.4, -0.2) is 22.1 Å². The molecule has 0 aromatic heterocycles. The summed E-state index contributed by atoms with van der Waals surface area (Å²) in [6.45, 7) is -2.29. The van der Waals surface area contributed by atoms with E-state index in [0.29, 0.717) is 0 Å². The van der Waals surface area contributed by atoms with E-state index in [4.69, 9.17) is 0 Å². The molecule has 0 saturated carbocycles. The Morgan fingerprint density at radius 2 is 1.76 bits per heavy atom. The molecule has 0 aliphatic carbocycles. The van der Waals surface area contributed by atoms with E-state index in [1.165, 1.54) is 0 Å². The van der Waals surface area contributed by atoms with Gasteiger partial charge in [0.1, 0.15) is 0 Å². The van der Waals surface area contributed by atoms with Gasteiger partial charge in [-0.05, 0) is 4.66 Å². The molecule has 0 aromatic carbocycles. The van der Waals surface area contributed by atoms with Gasteiger partial charge in [0.25, 0.3) is 0 Å². The average molecular weight is 329 g/mol. The minimum absolute atomic E-state index is 1.33. The third kappa shape index (κ3) is 3.68. The molecule has 17 heavy (non-hydrogen) atoms. The molecule has 1 heterocycles. The quantitative estimate of drug-likeness (QED) is 0.393. The summed E-state index contributed by atoms with van der Waals surface area (Å²) in [6, 6.07) is 0.